The Kier molecular flexibility index (Phi) is 5.07. The van der Waals surface area contributed by atoms with Crippen molar-refractivity contribution in [1.82, 2.24) is 10.2 Å². The van der Waals surface area contributed by atoms with E-state index >= 15 is 0 Å². The van der Waals surface area contributed by atoms with Gasteiger partial charge in [0.05, 0.1) is 0 Å². The van der Waals surface area contributed by atoms with Crippen LogP contribution in [0.4, 0.5) is 52.7 Å². The molecule has 0 aliphatic carbocycles. The summed E-state index contributed by atoms with van der Waals surface area (Å²) in [5.41, 5.74) is 0. The average Bonchev–Trinajstić information content (AvgIpc) is 2.40. The molecule has 1 aliphatic heterocycles. The zero-order chi connectivity index (χ0) is 21.0. The summed E-state index contributed by atoms with van der Waals surface area (Å²) in [5, 5.41) is 0.816. The normalized spacial score (nSPS) is 26.6. The molecule has 1 heterocycles. The molecule has 1 aliphatic rings. The Morgan fingerprint density at radius 2 is 1.35 bits per heavy atom. The van der Waals surface area contributed by atoms with Gasteiger partial charge in [0, 0.05) is 6.54 Å². The van der Waals surface area contributed by atoms with Crippen LogP contribution in [-0.2, 0) is 9.53 Å². The highest BCUT2D eigenvalue weighted by Crippen LogP contribution is 2.60. The number of amides is 1. The van der Waals surface area contributed by atoms with Crippen LogP contribution < -0.4 is 5.32 Å². The third-order valence-corrected chi connectivity index (χ3v) is 2.91. The Hall–Kier alpha value is -1.71. The number of nitrogens with one attached hydrogen (secondary N) is 1. The van der Waals surface area contributed by atoms with E-state index in [1.807, 2.05) is 4.74 Å². The van der Waals surface area contributed by atoms with Gasteiger partial charge in [-0.05, 0) is 0 Å². The van der Waals surface area contributed by atoms with Crippen molar-refractivity contribution in [2.45, 2.75) is 36.3 Å². The second-order valence-electron chi connectivity index (χ2n) is 4.67. The summed E-state index contributed by atoms with van der Waals surface area (Å²) in [5.74, 6) is -10.1. The predicted octanol–water partition coefficient (Wildman–Crippen LogP) is 3.22. The molecule has 0 aromatic rings. The lowest BCUT2D eigenvalue weighted by Gasteiger charge is -2.51. The van der Waals surface area contributed by atoms with Crippen molar-refractivity contribution < 1.29 is 62.2 Å². The lowest BCUT2D eigenvalue weighted by molar-refractivity contribution is -0.583. The van der Waals surface area contributed by atoms with Crippen molar-refractivity contribution in [2.24, 2.45) is 0 Å². The first-order valence-corrected chi connectivity index (χ1v) is 5.97. The molecular formula is C10H6F12N2O2. The van der Waals surface area contributed by atoms with Gasteiger partial charge in [-0.3, -0.25) is 4.79 Å². The van der Waals surface area contributed by atoms with Gasteiger partial charge in [-0.15, -0.1) is 11.5 Å². The summed E-state index contributed by atoms with van der Waals surface area (Å²) in [6, 6.07) is -14.1. The molecule has 0 spiro atoms. The first-order valence-electron chi connectivity index (χ1n) is 5.97. The monoisotopic (exact) mass is 414 g/mol. The van der Waals surface area contributed by atoms with Crippen molar-refractivity contribution in [2.75, 3.05) is 6.54 Å². The Balaban J connectivity index is 3.78. The quantitative estimate of drug-likeness (QED) is 0.437. The van der Waals surface area contributed by atoms with E-state index in [4.69, 9.17) is 0 Å². The molecule has 0 radical (unpaired) electrons. The summed E-state index contributed by atoms with van der Waals surface area (Å²) in [7, 11) is 0. The largest absolute Gasteiger partial charge is 0.446 e. The molecule has 1 N–H and O–H groups in total. The summed E-state index contributed by atoms with van der Waals surface area (Å²) in [6.07, 6.45) is -20.0. The van der Waals surface area contributed by atoms with Gasteiger partial charge in [0.15, 0.2) is 0 Å². The Bertz CT molecular complexity index is 563. The minimum atomic E-state index is -7.09. The van der Waals surface area contributed by atoms with Gasteiger partial charge in [0.2, 0.25) is 0 Å². The van der Waals surface area contributed by atoms with Crippen molar-refractivity contribution >= 4 is 5.91 Å². The average molecular weight is 414 g/mol. The molecule has 1 rings (SSSR count). The zero-order valence-electron chi connectivity index (χ0n) is 11.8. The number of carbonyl (C=O) groups is 1. The molecule has 1 saturated heterocycles. The number of nitrogens with zero attached hydrogens (tertiary/aromatic N) is 1. The molecule has 1 fully saturated rings. The van der Waals surface area contributed by atoms with E-state index in [1.54, 1.807) is 0 Å². The standard InChI is InChI=1S/C10H6F12N2O2/c1-2-3-23-4(25)5(11,6(12,13)14)24-7(15,16)9(19,20)26-10(21,22)8(24,17)18/h2H,1,3H2,(H,23,25). The molecule has 4 nitrogen and oxygen atoms in total. The Morgan fingerprint density at radius 1 is 0.962 bits per heavy atom. The molecule has 1 amide bonds. The van der Waals surface area contributed by atoms with Crippen LogP contribution >= 0.6 is 0 Å². The molecule has 1 atom stereocenters. The topological polar surface area (TPSA) is 41.6 Å². The highest BCUT2D eigenvalue weighted by atomic mass is 19.4. The maximum atomic E-state index is 14.3. The van der Waals surface area contributed by atoms with Gasteiger partial charge in [-0.25, -0.2) is 9.13 Å². The fourth-order valence-electron chi connectivity index (χ4n) is 1.75. The minimum absolute atomic E-state index is 0.521. The van der Waals surface area contributed by atoms with Gasteiger partial charge in [0.1, 0.15) is 0 Å². The number of hydrogen-bond acceptors (Lipinski definition) is 3. The summed E-state index contributed by atoms with van der Waals surface area (Å²) in [4.78, 5) is 7.73. The first kappa shape index (κ1) is 22.3. The number of halogens is 12. The van der Waals surface area contributed by atoms with E-state index in [2.05, 4.69) is 6.58 Å². The van der Waals surface area contributed by atoms with Crippen LogP contribution in [0.5, 0.6) is 0 Å². The number of ether oxygens (including phenoxy) is 1. The molecule has 0 aromatic carbocycles. The molecule has 26 heavy (non-hydrogen) atoms. The fraction of sp³-hybridized carbons (Fsp3) is 0.700. The van der Waals surface area contributed by atoms with E-state index < -0.39 is 53.6 Å². The lowest BCUT2D eigenvalue weighted by atomic mass is 10.1. The van der Waals surface area contributed by atoms with E-state index in [9.17, 15) is 57.5 Å². The lowest BCUT2D eigenvalue weighted by Crippen LogP contribution is -2.82. The Labute approximate surface area is 135 Å². The van der Waals surface area contributed by atoms with Crippen LogP contribution in [0.25, 0.3) is 0 Å². The van der Waals surface area contributed by atoms with Crippen LogP contribution in [0.2, 0.25) is 0 Å². The van der Waals surface area contributed by atoms with Gasteiger partial charge in [0.25, 0.3) is 5.91 Å². The first-order chi connectivity index (χ1) is 11.3. The number of morpholine rings is 1. The summed E-state index contributed by atoms with van der Waals surface area (Å²) in [6.45, 7) is 1.66. The van der Waals surface area contributed by atoms with Gasteiger partial charge in [-0.1, -0.05) is 6.08 Å². The van der Waals surface area contributed by atoms with Crippen LogP contribution in [-0.4, -0.2) is 53.6 Å². The Morgan fingerprint density at radius 3 is 1.65 bits per heavy atom. The molecular weight excluding hydrogens is 408 g/mol. The number of carbonyl (C=O) groups excluding carboxylic acids is 1. The van der Waals surface area contributed by atoms with E-state index in [1.165, 1.54) is 0 Å². The molecule has 0 saturated carbocycles. The molecule has 0 aromatic heterocycles. The number of rotatable bonds is 4. The molecule has 16 heteroatoms. The van der Waals surface area contributed by atoms with Crippen LogP contribution in [0.1, 0.15) is 0 Å². The van der Waals surface area contributed by atoms with Crippen LogP contribution in [0.3, 0.4) is 0 Å². The zero-order valence-corrected chi connectivity index (χ0v) is 11.8. The van der Waals surface area contributed by atoms with Gasteiger partial charge < -0.3 is 5.32 Å². The third-order valence-electron chi connectivity index (χ3n) is 2.91. The molecule has 152 valence electrons. The maximum absolute atomic E-state index is 14.3. The number of alkyl halides is 12. The molecule has 0 bridgehead atoms. The van der Waals surface area contributed by atoms with Gasteiger partial charge >= 0.3 is 36.3 Å². The van der Waals surface area contributed by atoms with Crippen molar-refractivity contribution in [3.8, 4) is 0 Å². The SMILES string of the molecule is C=CCNC(=O)C(F)(N1C(F)(F)C(F)(F)OC(F)(F)C1(F)F)C(F)(F)F. The minimum Gasteiger partial charge on any atom is -0.348 e. The maximum Gasteiger partial charge on any atom is 0.446 e. The van der Waals surface area contributed by atoms with Crippen molar-refractivity contribution in [1.29, 1.82) is 0 Å². The van der Waals surface area contributed by atoms with E-state index in [0.717, 1.165) is 5.32 Å². The van der Waals surface area contributed by atoms with Crippen molar-refractivity contribution in [3.05, 3.63) is 12.7 Å². The highest BCUT2D eigenvalue weighted by Gasteiger charge is 2.90. The van der Waals surface area contributed by atoms with Crippen LogP contribution in [0.15, 0.2) is 12.7 Å². The van der Waals surface area contributed by atoms with E-state index in [-0.39, 0.29) is 0 Å². The highest BCUT2D eigenvalue weighted by molar-refractivity contribution is 5.86. The second kappa shape index (κ2) is 5.90. The van der Waals surface area contributed by atoms with Crippen LogP contribution in [0, 0.1) is 0 Å². The smallest absolute Gasteiger partial charge is 0.348 e. The van der Waals surface area contributed by atoms with Gasteiger partial charge in [-0.2, -0.15) is 48.3 Å². The summed E-state index contributed by atoms with van der Waals surface area (Å²) < 4.78 is 161. The van der Waals surface area contributed by atoms with Crippen molar-refractivity contribution in [3.63, 3.8) is 0 Å². The second-order valence-corrected chi connectivity index (χ2v) is 4.67. The number of hydrogen-bond donors (Lipinski definition) is 1. The third kappa shape index (κ3) is 2.87. The fourth-order valence-corrected chi connectivity index (χ4v) is 1.75. The summed E-state index contributed by atoms with van der Waals surface area (Å²) >= 11 is 0. The molecule has 1 unspecified atom stereocenters. The van der Waals surface area contributed by atoms with E-state index in [0.29, 0.717) is 6.08 Å². The predicted molar refractivity (Wildman–Crippen MR) is 55.8 cm³/mol.